The Bertz CT molecular complexity index is 964. The van der Waals surface area contributed by atoms with Crippen LogP contribution in [-0.4, -0.2) is 58.7 Å². The minimum Gasteiger partial charge on any atom is -0.383 e. The molecule has 0 fully saturated rings. The maximum Gasteiger partial charge on any atom is 0.251 e. The van der Waals surface area contributed by atoms with E-state index in [0.29, 0.717) is 42.0 Å². The van der Waals surface area contributed by atoms with E-state index in [1.165, 1.54) is 11.8 Å². The minimum atomic E-state index is -0.180. The number of rotatable bonds is 9. The van der Waals surface area contributed by atoms with Crippen LogP contribution in [0.25, 0.3) is 11.0 Å². The molecule has 0 unspecified atom stereocenters. The summed E-state index contributed by atoms with van der Waals surface area (Å²) in [7, 11) is 1.65. The van der Waals surface area contributed by atoms with E-state index in [2.05, 4.69) is 25.7 Å². The third-order valence-corrected chi connectivity index (χ3v) is 4.74. The summed E-state index contributed by atoms with van der Waals surface area (Å²) < 4.78 is 6.84. The highest BCUT2D eigenvalue weighted by Crippen LogP contribution is 2.23. The molecule has 0 saturated carbocycles. The molecule has 28 heavy (non-hydrogen) atoms. The number of hydrogen-bond acceptors (Lipinski definition) is 7. The van der Waals surface area contributed by atoms with Crippen molar-refractivity contribution in [3.8, 4) is 0 Å². The van der Waals surface area contributed by atoms with Crippen molar-refractivity contribution in [1.29, 1.82) is 0 Å². The van der Waals surface area contributed by atoms with Gasteiger partial charge in [-0.15, -0.1) is 0 Å². The summed E-state index contributed by atoms with van der Waals surface area (Å²) in [6.45, 7) is 2.10. The maximum atomic E-state index is 12.2. The molecule has 2 aromatic heterocycles. The van der Waals surface area contributed by atoms with E-state index in [1.54, 1.807) is 42.3 Å². The average Bonchev–Trinajstić information content (AvgIpc) is 3.11. The van der Waals surface area contributed by atoms with Crippen molar-refractivity contribution in [3.05, 3.63) is 41.0 Å². The number of methoxy groups -OCH3 is 1. The molecular weight excluding hydrogens is 400 g/mol. The number of nitrogens with one attached hydrogen (secondary N) is 2. The number of anilines is 1. The van der Waals surface area contributed by atoms with E-state index in [9.17, 15) is 4.79 Å². The Morgan fingerprint density at radius 1 is 1.32 bits per heavy atom. The number of halogens is 1. The Balaban J connectivity index is 1.71. The topological polar surface area (TPSA) is 94.0 Å². The predicted molar refractivity (Wildman–Crippen MR) is 111 cm³/mol. The zero-order chi connectivity index (χ0) is 19.9. The Morgan fingerprint density at radius 3 is 2.93 bits per heavy atom. The van der Waals surface area contributed by atoms with Gasteiger partial charge in [0, 0.05) is 30.8 Å². The molecule has 1 amide bonds. The fraction of sp³-hybridized carbons (Fsp3) is 0.333. The largest absolute Gasteiger partial charge is 0.383 e. The standard InChI is InChI=1S/C18H21ClN6O2S/c1-27-9-7-20-15-14-11-22-25(16(14)24-18(23-15)28-2)8-6-21-17(26)12-4-3-5-13(19)10-12/h3-5,10-11H,6-9H2,1-2H3,(H,21,26)(H,20,23,24). The number of thioether (sulfide) groups is 1. The van der Waals surface area contributed by atoms with Crippen LogP contribution in [0.15, 0.2) is 35.6 Å². The van der Waals surface area contributed by atoms with Gasteiger partial charge in [0.05, 0.1) is 24.7 Å². The normalized spacial score (nSPS) is 11.0. The molecule has 8 nitrogen and oxygen atoms in total. The highest BCUT2D eigenvalue weighted by atomic mass is 35.5. The third-order valence-electron chi connectivity index (χ3n) is 3.95. The molecule has 148 valence electrons. The Labute approximate surface area is 172 Å². The lowest BCUT2D eigenvalue weighted by molar-refractivity contribution is 0.0952. The Hall–Kier alpha value is -2.36. The van der Waals surface area contributed by atoms with Gasteiger partial charge >= 0.3 is 0 Å². The van der Waals surface area contributed by atoms with Crippen LogP contribution in [-0.2, 0) is 11.3 Å². The summed E-state index contributed by atoms with van der Waals surface area (Å²) in [5.41, 5.74) is 1.24. The number of hydrogen-bond donors (Lipinski definition) is 2. The minimum absolute atomic E-state index is 0.180. The van der Waals surface area contributed by atoms with Gasteiger partial charge in [-0.05, 0) is 24.5 Å². The number of amides is 1. The van der Waals surface area contributed by atoms with Gasteiger partial charge in [-0.3, -0.25) is 4.79 Å². The molecule has 0 saturated heterocycles. The number of benzene rings is 1. The number of carbonyl (C=O) groups excluding carboxylic acids is 1. The Kier molecular flexibility index (Phi) is 7.07. The van der Waals surface area contributed by atoms with Crippen molar-refractivity contribution in [3.63, 3.8) is 0 Å². The summed E-state index contributed by atoms with van der Waals surface area (Å²) in [6, 6.07) is 6.84. The number of ether oxygens (including phenoxy) is 1. The molecule has 3 aromatic rings. The van der Waals surface area contributed by atoms with Gasteiger partial charge in [-0.25, -0.2) is 14.6 Å². The third kappa shape index (κ3) is 4.92. The van der Waals surface area contributed by atoms with Crippen LogP contribution in [0.2, 0.25) is 5.02 Å². The van der Waals surface area contributed by atoms with Crippen molar-refractivity contribution in [2.24, 2.45) is 0 Å². The fourth-order valence-corrected chi connectivity index (χ4v) is 3.15. The van der Waals surface area contributed by atoms with Crippen molar-refractivity contribution >= 4 is 46.1 Å². The highest BCUT2D eigenvalue weighted by Gasteiger charge is 2.13. The SMILES string of the molecule is COCCNc1nc(SC)nc2c1cnn2CCNC(=O)c1cccc(Cl)c1. The molecule has 2 heterocycles. The van der Waals surface area contributed by atoms with Gasteiger partial charge in [-0.1, -0.05) is 29.4 Å². The fourth-order valence-electron chi connectivity index (χ4n) is 2.60. The second-order valence-corrected chi connectivity index (χ2v) is 7.06. The van der Waals surface area contributed by atoms with Crippen LogP contribution < -0.4 is 10.6 Å². The molecule has 0 spiro atoms. The summed E-state index contributed by atoms with van der Waals surface area (Å²) in [5, 5.41) is 12.5. The van der Waals surface area contributed by atoms with Crippen molar-refractivity contribution in [2.45, 2.75) is 11.7 Å². The van der Waals surface area contributed by atoms with E-state index in [0.717, 1.165) is 16.9 Å². The molecule has 0 radical (unpaired) electrons. The lowest BCUT2D eigenvalue weighted by Crippen LogP contribution is -2.27. The van der Waals surface area contributed by atoms with Crippen LogP contribution in [0.1, 0.15) is 10.4 Å². The maximum absolute atomic E-state index is 12.2. The molecule has 0 aliphatic rings. The summed E-state index contributed by atoms with van der Waals surface area (Å²) in [6.07, 6.45) is 3.65. The number of carbonyl (C=O) groups is 1. The molecule has 10 heteroatoms. The van der Waals surface area contributed by atoms with Gasteiger partial charge in [0.2, 0.25) is 0 Å². The summed E-state index contributed by atoms with van der Waals surface area (Å²) >= 11 is 7.39. The molecule has 0 aliphatic heterocycles. The first-order chi connectivity index (χ1) is 13.6. The Morgan fingerprint density at radius 2 is 2.18 bits per heavy atom. The van der Waals surface area contributed by atoms with Gasteiger partial charge in [0.15, 0.2) is 10.8 Å². The van der Waals surface area contributed by atoms with Crippen LogP contribution >= 0.6 is 23.4 Å². The first kappa shape index (κ1) is 20.4. The van der Waals surface area contributed by atoms with Gasteiger partial charge < -0.3 is 15.4 Å². The molecule has 0 aliphatic carbocycles. The van der Waals surface area contributed by atoms with Crippen LogP contribution in [0.5, 0.6) is 0 Å². The lowest BCUT2D eigenvalue weighted by Gasteiger charge is -2.09. The van der Waals surface area contributed by atoms with Crippen molar-refractivity contribution in [1.82, 2.24) is 25.1 Å². The summed E-state index contributed by atoms with van der Waals surface area (Å²) in [5.74, 6) is 0.543. The smallest absolute Gasteiger partial charge is 0.251 e. The van der Waals surface area contributed by atoms with Gasteiger partial charge in [-0.2, -0.15) is 5.10 Å². The highest BCUT2D eigenvalue weighted by molar-refractivity contribution is 7.98. The average molecular weight is 421 g/mol. The van der Waals surface area contributed by atoms with Crippen LogP contribution in [0.4, 0.5) is 5.82 Å². The number of nitrogens with zero attached hydrogens (tertiary/aromatic N) is 4. The second kappa shape index (κ2) is 9.72. The molecule has 3 rings (SSSR count). The van der Waals surface area contributed by atoms with E-state index in [-0.39, 0.29) is 5.91 Å². The zero-order valence-electron chi connectivity index (χ0n) is 15.6. The van der Waals surface area contributed by atoms with E-state index in [1.807, 2.05) is 6.26 Å². The van der Waals surface area contributed by atoms with Gasteiger partial charge in [0.1, 0.15) is 5.82 Å². The molecule has 2 N–H and O–H groups in total. The van der Waals surface area contributed by atoms with Crippen molar-refractivity contribution in [2.75, 3.05) is 38.4 Å². The first-order valence-electron chi connectivity index (χ1n) is 8.66. The van der Waals surface area contributed by atoms with Crippen LogP contribution in [0, 0.1) is 0 Å². The molecule has 1 aromatic carbocycles. The first-order valence-corrected chi connectivity index (χ1v) is 10.3. The quantitative estimate of drug-likeness (QED) is 0.312. The number of fused-ring (bicyclic) bond motifs is 1. The van der Waals surface area contributed by atoms with E-state index < -0.39 is 0 Å². The lowest BCUT2D eigenvalue weighted by atomic mass is 10.2. The monoisotopic (exact) mass is 420 g/mol. The molecule has 0 atom stereocenters. The second-order valence-electron chi connectivity index (χ2n) is 5.85. The van der Waals surface area contributed by atoms with E-state index in [4.69, 9.17) is 16.3 Å². The van der Waals surface area contributed by atoms with Crippen LogP contribution in [0.3, 0.4) is 0 Å². The van der Waals surface area contributed by atoms with Crippen molar-refractivity contribution < 1.29 is 9.53 Å². The zero-order valence-corrected chi connectivity index (χ0v) is 17.2. The summed E-state index contributed by atoms with van der Waals surface area (Å²) in [4.78, 5) is 21.3. The molecular formula is C18H21ClN6O2S. The van der Waals surface area contributed by atoms with Gasteiger partial charge in [0.25, 0.3) is 5.91 Å². The van der Waals surface area contributed by atoms with E-state index >= 15 is 0 Å². The number of aromatic nitrogens is 4. The predicted octanol–water partition coefficient (Wildman–Crippen LogP) is 2.69. The molecule has 0 bridgehead atoms.